The number of imide groups is 1. The first-order chi connectivity index (χ1) is 11.6. The molecule has 0 saturated carbocycles. The maximum absolute atomic E-state index is 12.3. The van der Waals surface area contributed by atoms with E-state index < -0.39 is 18.0 Å². The van der Waals surface area contributed by atoms with Crippen LogP contribution in [0.4, 0.5) is 10.6 Å². The molecule has 1 unspecified atom stereocenters. The Balaban J connectivity index is 1.53. The predicted octanol–water partition coefficient (Wildman–Crippen LogP) is -0.714. The number of urea groups is 1. The molecular formula is C15H20N6O3. The molecule has 2 N–H and O–H groups in total. The van der Waals surface area contributed by atoms with E-state index in [1.165, 1.54) is 0 Å². The molecular weight excluding hydrogens is 312 g/mol. The lowest BCUT2D eigenvalue weighted by Crippen LogP contribution is -2.50. The Labute approximate surface area is 139 Å². The molecule has 4 amide bonds. The van der Waals surface area contributed by atoms with Gasteiger partial charge in [0.25, 0.3) is 5.91 Å². The van der Waals surface area contributed by atoms with E-state index in [1.54, 1.807) is 11.2 Å². The highest BCUT2D eigenvalue weighted by Crippen LogP contribution is 2.15. The molecule has 0 radical (unpaired) electrons. The van der Waals surface area contributed by atoms with E-state index in [9.17, 15) is 14.4 Å². The van der Waals surface area contributed by atoms with Crippen molar-refractivity contribution in [2.24, 2.45) is 0 Å². The molecule has 1 atom stereocenters. The highest BCUT2D eigenvalue weighted by Gasteiger charge is 2.33. The molecule has 2 aliphatic rings. The van der Waals surface area contributed by atoms with Gasteiger partial charge in [0.15, 0.2) is 0 Å². The fourth-order valence-corrected chi connectivity index (χ4v) is 2.84. The van der Waals surface area contributed by atoms with E-state index in [-0.39, 0.29) is 12.3 Å². The van der Waals surface area contributed by atoms with Gasteiger partial charge in [-0.05, 0) is 6.42 Å². The van der Waals surface area contributed by atoms with Gasteiger partial charge >= 0.3 is 6.03 Å². The monoisotopic (exact) mass is 332 g/mol. The van der Waals surface area contributed by atoms with Crippen LogP contribution >= 0.6 is 0 Å². The summed E-state index contributed by atoms with van der Waals surface area (Å²) in [5, 5.41) is 4.58. The second kappa shape index (κ2) is 6.81. The zero-order chi connectivity index (χ0) is 17.1. The number of rotatable bonds is 4. The molecule has 9 nitrogen and oxygen atoms in total. The summed E-state index contributed by atoms with van der Waals surface area (Å²) in [7, 11) is 0. The summed E-state index contributed by atoms with van der Waals surface area (Å²) < 4.78 is 0. The molecule has 3 rings (SSSR count). The normalized spacial score (nSPS) is 20.8. The van der Waals surface area contributed by atoms with Crippen molar-refractivity contribution in [1.82, 2.24) is 25.5 Å². The quantitative estimate of drug-likeness (QED) is 0.705. The first kappa shape index (κ1) is 16.2. The summed E-state index contributed by atoms with van der Waals surface area (Å²) in [6, 6.07) is 0.658. The number of piperazine rings is 1. The Hall–Kier alpha value is -2.71. The summed E-state index contributed by atoms with van der Waals surface area (Å²) in [5.74, 6) is 0.297. The van der Waals surface area contributed by atoms with Crippen molar-refractivity contribution in [2.75, 3.05) is 31.1 Å². The number of anilines is 1. The third-order valence-corrected chi connectivity index (χ3v) is 4.27. The summed E-state index contributed by atoms with van der Waals surface area (Å²) in [6.45, 7) is 4.52. The third kappa shape index (κ3) is 3.44. The largest absolute Gasteiger partial charge is 0.353 e. The molecule has 1 aromatic rings. The van der Waals surface area contributed by atoms with Crippen molar-refractivity contribution in [3.05, 3.63) is 18.1 Å². The smallest absolute Gasteiger partial charge is 0.322 e. The van der Waals surface area contributed by atoms with Gasteiger partial charge in [0.05, 0.1) is 6.42 Å². The van der Waals surface area contributed by atoms with Gasteiger partial charge in [-0.15, -0.1) is 0 Å². The highest BCUT2D eigenvalue weighted by atomic mass is 16.2. The topological polar surface area (TPSA) is 108 Å². The van der Waals surface area contributed by atoms with Crippen molar-refractivity contribution in [3.63, 3.8) is 0 Å². The van der Waals surface area contributed by atoms with Crippen LogP contribution in [-0.4, -0.2) is 64.9 Å². The molecule has 2 fully saturated rings. The van der Waals surface area contributed by atoms with Crippen molar-refractivity contribution in [2.45, 2.75) is 25.8 Å². The SMILES string of the molecule is CCc1cc(N2CCN(C(=O)CC3NC(=O)NC3=O)CC2)ncn1. The zero-order valence-electron chi connectivity index (χ0n) is 13.5. The second-order valence-electron chi connectivity index (χ2n) is 5.81. The summed E-state index contributed by atoms with van der Waals surface area (Å²) in [4.78, 5) is 47.2. The third-order valence-electron chi connectivity index (χ3n) is 4.27. The molecule has 2 aliphatic heterocycles. The Morgan fingerprint density at radius 1 is 1.25 bits per heavy atom. The number of amides is 4. The summed E-state index contributed by atoms with van der Waals surface area (Å²) in [5.41, 5.74) is 0.987. The molecule has 24 heavy (non-hydrogen) atoms. The van der Waals surface area contributed by atoms with Crippen LogP contribution < -0.4 is 15.5 Å². The van der Waals surface area contributed by atoms with Gasteiger partial charge in [0.1, 0.15) is 18.2 Å². The van der Waals surface area contributed by atoms with Crippen LogP contribution in [-0.2, 0) is 16.0 Å². The van der Waals surface area contributed by atoms with Crippen molar-refractivity contribution in [3.8, 4) is 0 Å². The Morgan fingerprint density at radius 2 is 2.00 bits per heavy atom. The molecule has 0 aromatic carbocycles. The fraction of sp³-hybridized carbons (Fsp3) is 0.533. The Kier molecular flexibility index (Phi) is 4.59. The molecule has 1 aromatic heterocycles. The standard InChI is InChI=1S/C15H20N6O3/c1-2-10-7-12(17-9-16-10)20-3-5-21(6-4-20)13(22)8-11-14(23)19-15(24)18-11/h7,9,11H,2-6,8H2,1H3,(H2,18,19,23,24). The van der Waals surface area contributed by atoms with E-state index in [4.69, 9.17) is 0 Å². The second-order valence-corrected chi connectivity index (χ2v) is 5.81. The van der Waals surface area contributed by atoms with Crippen molar-refractivity contribution < 1.29 is 14.4 Å². The van der Waals surface area contributed by atoms with E-state index in [2.05, 4.69) is 25.5 Å². The Bertz CT molecular complexity index is 656. The minimum atomic E-state index is -0.767. The number of hydrogen-bond donors (Lipinski definition) is 2. The maximum atomic E-state index is 12.3. The zero-order valence-corrected chi connectivity index (χ0v) is 13.5. The van der Waals surface area contributed by atoms with Crippen molar-refractivity contribution >= 4 is 23.7 Å². The number of carbonyl (C=O) groups is 3. The first-order valence-corrected chi connectivity index (χ1v) is 8.02. The number of carbonyl (C=O) groups excluding carboxylic acids is 3. The van der Waals surface area contributed by atoms with Crippen LogP contribution in [0.3, 0.4) is 0 Å². The average Bonchev–Trinajstić information content (AvgIpc) is 2.92. The van der Waals surface area contributed by atoms with E-state index in [0.717, 1.165) is 17.9 Å². The van der Waals surface area contributed by atoms with Gasteiger partial charge in [0.2, 0.25) is 5.91 Å². The first-order valence-electron chi connectivity index (χ1n) is 8.02. The summed E-state index contributed by atoms with van der Waals surface area (Å²) in [6.07, 6.45) is 2.40. The lowest BCUT2D eigenvalue weighted by molar-refractivity contribution is -0.134. The predicted molar refractivity (Wildman–Crippen MR) is 85.3 cm³/mol. The van der Waals surface area contributed by atoms with Crippen LogP contribution in [0.5, 0.6) is 0 Å². The van der Waals surface area contributed by atoms with Gasteiger partial charge in [0, 0.05) is 37.9 Å². The number of nitrogens with zero attached hydrogens (tertiary/aromatic N) is 4. The van der Waals surface area contributed by atoms with Crippen molar-refractivity contribution in [1.29, 1.82) is 0 Å². The Morgan fingerprint density at radius 3 is 2.62 bits per heavy atom. The number of hydrogen-bond acceptors (Lipinski definition) is 6. The molecule has 2 saturated heterocycles. The molecule has 128 valence electrons. The number of aryl methyl sites for hydroxylation is 1. The van der Waals surface area contributed by atoms with Crippen LogP contribution in [0.15, 0.2) is 12.4 Å². The molecule has 9 heteroatoms. The van der Waals surface area contributed by atoms with Gasteiger partial charge in [-0.2, -0.15) is 0 Å². The van der Waals surface area contributed by atoms with E-state index >= 15 is 0 Å². The fourth-order valence-electron chi connectivity index (χ4n) is 2.84. The van der Waals surface area contributed by atoms with Crippen LogP contribution in [0, 0.1) is 0 Å². The minimum absolute atomic E-state index is 0.00887. The molecule has 0 bridgehead atoms. The maximum Gasteiger partial charge on any atom is 0.322 e. The molecule has 0 aliphatic carbocycles. The summed E-state index contributed by atoms with van der Waals surface area (Å²) >= 11 is 0. The number of nitrogens with one attached hydrogen (secondary N) is 2. The lowest BCUT2D eigenvalue weighted by atomic mass is 10.1. The molecule has 3 heterocycles. The van der Waals surface area contributed by atoms with Gasteiger partial charge in [-0.1, -0.05) is 6.92 Å². The lowest BCUT2D eigenvalue weighted by Gasteiger charge is -2.35. The van der Waals surface area contributed by atoms with E-state index in [1.807, 2.05) is 13.0 Å². The van der Waals surface area contributed by atoms with Gasteiger partial charge < -0.3 is 15.1 Å². The van der Waals surface area contributed by atoms with Gasteiger partial charge in [-0.25, -0.2) is 14.8 Å². The highest BCUT2D eigenvalue weighted by molar-refractivity contribution is 6.05. The van der Waals surface area contributed by atoms with Crippen LogP contribution in [0.25, 0.3) is 0 Å². The van der Waals surface area contributed by atoms with Gasteiger partial charge in [-0.3, -0.25) is 14.9 Å². The number of aromatic nitrogens is 2. The van der Waals surface area contributed by atoms with E-state index in [0.29, 0.717) is 26.2 Å². The average molecular weight is 332 g/mol. The van der Waals surface area contributed by atoms with Crippen LogP contribution in [0.2, 0.25) is 0 Å². The minimum Gasteiger partial charge on any atom is -0.353 e. The van der Waals surface area contributed by atoms with Crippen LogP contribution in [0.1, 0.15) is 19.0 Å². The molecule has 0 spiro atoms.